The van der Waals surface area contributed by atoms with Crippen LogP contribution in [0.4, 0.5) is 0 Å². The van der Waals surface area contributed by atoms with Crippen LogP contribution in [0.15, 0.2) is 18.2 Å². The highest BCUT2D eigenvalue weighted by Crippen LogP contribution is 2.32. The van der Waals surface area contributed by atoms with E-state index in [2.05, 4.69) is 12.1 Å². The Morgan fingerprint density at radius 1 is 0.909 bits per heavy atom. The van der Waals surface area contributed by atoms with Gasteiger partial charge in [-0.1, -0.05) is 44.6 Å². The summed E-state index contributed by atoms with van der Waals surface area (Å²) in [5.41, 5.74) is 1.34. The third-order valence-corrected chi connectivity index (χ3v) is 4.18. The van der Waals surface area contributed by atoms with Crippen LogP contribution in [0.1, 0.15) is 70.3 Å². The van der Waals surface area contributed by atoms with Crippen LogP contribution in [0, 0.1) is 0 Å². The second-order valence-electron chi connectivity index (χ2n) is 6.22. The third-order valence-electron chi connectivity index (χ3n) is 4.18. The number of fused-ring (bicyclic) bond motifs is 1. The fraction of sp³-hybridized carbons (Fsp3) is 0.632. The normalized spacial score (nSPS) is 12.6. The Morgan fingerprint density at radius 3 is 2.27 bits per heavy atom. The Kier molecular flexibility index (Phi) is 7.27. The van der Waals surface area contributed by atoms with Gasteiger partial charge in [-0.05, 0) is 43.9 Å². The number of unbranched alkanes of at least 4 members (excludes halogenated alkanes) is 7. The number of rotatable bonds is 11. The predicted octanol–water partition coefficient (Wildman–Crippen LogP) is 5.06. The van der Waals surface area contributed by atoms with Gasteiger partial charge in [0.05, 0.1) is 0 Å². The Balaban J connectivity index is 1.45. The fourth-order valence-corrected chi connectivity index (χ4v) is 2.86. The molecule has 2 rings (SSSR count). The topological polar surface area (TPSA) is 35.5 Å². The van der Waals surface area contributed by atoms with Crippen LogP contribution < -0.4 is 9.47 Å². The van der Waals surface area contributed by atoms with E-state index in [1.165, 1.54) is 50.5 Å². The Hall–Kier alpha value is -1.51. The quantitative estimate of drug-likeness (QED) is 0.536. The first kappa shape index (κ1) is 16.9. The largest absolute Gasteiger partial charge is 0.454 e. The molecule has 1 aromatic rings. The second-order valence-corrected chi connectivity index (χ2v) is 6.22. The summed E-state index contributed by atoms with van der Waals surface area (Å²) in [6.07, 6.45) is 11.9. The van der Waals surface area contributed by atoms with E-state index >= 15 is 0 Å². The predicted molar refractivity (Wildman–Crippen MR) is 88.5 cm³/mol. The Morgan fingerprint density at radius 2 is 1.55 bits per heavy atom. The molecule has 0 aliphatic carbocycles. The van der Waals surface area contributed by atoms with Crippen molar-refractivity contribution < 1.29 is 14.3 Å². The summed E-state index contributed by atoms with van der Waals surface area (Å²) in [6, 6.07) is 6.26. The number of ketones is 1. The molecular weight excluding hydrogens is 276 g/mol. The Bertz CT molecular complexity index is 468. The molecule has 0 saturated carbocycles. The van der Waals surface area contributed by atoms with E-state index in [1.807, 2.05) is 6.07 Å². The van der Waals surface area contributed by atoms with Crippen molar-refractivity contribution in [2.45, 2.75) is 71.1 Å². The maximum atomic E-state index is 10.8. The number of aryl methyl sites for hydroxylation is 1. The zero-order chi connectivity index (χ0) is 15.6. The molecule has 3 nitrogen and oxygen atoms in total. The van der Waals surface area contributed by atoms with Crippen molar-refractivity contribution in [3.63, 3.8) is 0 Å². The van der Waals surface area contributed by atoms with Gasteiger partial charge in [0, 0.05) is 6.42 Å². The molecule has 0 aromatic heterocycles. The standard InChI is InChI=1S/C19H28O3/c1-16(20)10-8-6-4-2-3-5-7-9-11-17-12-13-18-19(14-17)22-15-21-18/h12-14H,2-11,15H2,1H3. The minimum absolute atomic E-state index is 0.323. The van der Waals surface area contributed by atoms with E-state index in [4.69, 9.17) is 9.47 Å². The summed E-state index contributed by atoms with van der Waals surface area (Å²) in [6.45, 7) is 2.03. The molecule has 0 radical (unpaired) electrons. The van der Waals surface area contributed by atoms with Crippen molar-refractivity contribution in [2.24, 2.45) is 0 Å². The van der Waals surface area contributed by atoms with E-state index < -0.39 is 0 Å². The molecule has 0 unspecified atom stereocenters. The first-order valence-electron chi connectivity index (χ1n) is 8.63. The number of Topliss-reactive ketones (excluding diaryl/α,β-unsaturated/α-hetero) is 1. The summed E-state index contributed by atoms with van der Waals surface area (Å²) < 4.78 is 10.7. The molecule has 0 N–H and O–H groups in total. The number of carbonyl (C=O) groups excluding carboxylic acids is 1. The third kappa shape index (κ3) is 6.08. The SMILES string of the molecule is CC(=O)CCCCCCCCCCc1ccc2c(c1)OCO2. The summed E-state index contributed by atoms with van der Waals surface area (Å²) >= 11 is 0. The van der Waals surface area contributed by atoms with Gasteiger partial charge in [-0.15, -0.1) is 0 Å². The second kappa shape index (κ2) is 9.50. The van der Waals surface area contributed by atoms with Gasteiger partial charge in [0.2, 0.25) is 6.79 Å². The van der Waals surface area contributed by atoms with Gasteiger partial charge < -0.3 is 14.3 Å². The van der Waals surface area contributed by atoms with Gasteiger partial charge >= 0.3 is 0 Å². The van der Waals surface area contributed by atoms with Crippen molar-refractivity contribution in [3.05, 3.63) is 23.8 Å². The lowest BCUT2D eigenvalue weighted by atomic mass is 10.0. The zero-order valence-electron chi connectivity index (χ0n) is 13.7. The van der Waals surface area contributed by atoms with Crippen LogP contribution in [-0.2, 0) is 11.2 Å². The Labute approximate surface area is 134 Å². The van der Waals surface area contributed by atoms with Crippen LogP contribution in [-0.4, -0.2) is 12.6 Å². The molecule has 1 heterocycles. The molecule has 0 fully saturated rings. The summed E-state index contributed by atoms with van der Waals surface area (Å²) in [7, 11) is 0. The first-order valence-corrected chi connectivity index (χ1v) is 8.63. The van der Waals surface area contributed by atoms with Crippen LogP contribution in [0.25, 0.3) is 0 Å². The monoisotopic (exact) mass is 304 g/mol. The molecule has 0 atom stereocenters. The summed E-state index contributed by atoms with van der Waals surface area (Å²) in [5.74, 6) is 2.08. The van der Waals surface area contributed by atoms with Gasteiger partial charge in [-0.25, -0.2) is 0 Å². The van der Waals surface area contributed by atoms with E-state index in [0.717, 1.165) is 30.8 Å². The van der Waals surface area contributed by atoms with Gasteiger partial charge in [0.15, 0.2) is 11.5 Å². The first-order chi connectivity index (χ1) is 10.8. The van der Waals surface area contributed by atoms with E-state index in [9.17, 15) is 4.79 Å². The zero-order valence-corrected chi connectivity index (χ0v) is 13.7. The lowest BCUT2D eigenvalue weighted by Crippen LogP contribution is -1.93. The highest BCUT2D eigenvalue weighted by atomic mass is 16.7. The van der Waals surface area contributed by atoms with Gasteiger partial charge in [0.1, 0.15) is 5.78 Å². The molecule has 1 aliphatic rings. The lowest BCUT2D eigenvalue weighted by Gasteiger charge is -2.04. The van der Waals surface area contributed by atoms with Crippen molar-refractivity contribution >= 4 is 5.78 Å². The van der Waals surface area contributed by atoms with Crippen molar-refractivity contribution in [1.82, 2.24) is 0 Å². The van der Waals surface area contributed by atoms with Crippen molar-refractivity contribution in [2.75, 3.05) is 6.79 Å². The number of carbonyl (C=O) groups is 1. The molecule has 1 aliphatic heterocycles. The molecule has 122 valence electrons. The molecule has 1 aromatic carbocycles. The lowest BCUT2D eigenvalue weighted by molar-refractivity contribution is -0.117. The molecule has 0 spiro atoms. The fourth-order valence-electron chi connectivity index (χ4n) is 2.86. The molecule has 22 heavy (non-hydrogen) atoms. The van der Waals surface area contributed by atoms with Gasteiger partial charge in [-0.2, -0.15) is 0 Å². The minimum Gasteiger partial charge on any atom is -0.454 e. The summed E-state index contributed by atoms with van der Waals surface area (Å²) in [5, 5.41) is 0. The molecule has 3 heteroatoms. The highest BCUT2D eigenvalue weighted by molar-refractivity contribution is 5.75. The van der Waals surface area contributed by atoms with Crippen LogP contribution >= 0.6 is 0 Å². The number of hydrogen-bond donors (Lipinski definition) is 0. The highest BCUT2D eigenvalue weighted by Gasteiger charge is 2.12. The number of benzene rings is 1. The number of ether oxygens (including phenoxy) is 2. The molecule has 0 amide bonds. The van der Waals surface area contributed by atoms with Crippen molar-refractivity contribution in [3.8, 4) is 11.5 Å². The van der Waals surface area contributed by atoms with Crippen molar-refractivity contribution in [1.29, 1.82) is 0 Å². The maximum Gasteiger partial charge on any atom is 0.231 e. The summed E-state index contributed by atoms with van der Waals surface area (Å²) in [4.78, 5) is 10.8. The van der Waals surface area contributed by atoms with E-state index in [0.29, 0.717) is 12.6 Å². The smallest absolute Gasteiger partial charge is 0.231 e. The van der Waals surface area contributed by atoms with Crippen LogP contribution in [0.3, 0.4) is 0 Å². The van der Waals surface area contributed by atoms with E-state index in [1.54, 1.807) is 6.92 Å². The van der Waals surface area contributed by atoms with Gasteiger partial charge in [0.25, 0.3) is 0 Å². The molecule has 0 bridgehead atoms. The maximum absolute atomic E-state index is 10.8. The average Bonchev–Trinajstić information content (AvgIpc) is 2.96. The van der Waals surface area contributed by atoms with E-state index in [-0.39, 0.29) is 0 Å². The van der Waals surface area contributed by atoms with Gasteiger partial charge in [-0.3, -0.25) is 0 Å². The number of hydrogen-bond acceptors (Lipinski definition) is 3. The average molecular weight is 304 g/mol. The molecule has 0 saturated heterocycles. The van der Waals surface area contributed by atoms with Crippen LogP contribution in [0.2, 0.25) is 0 Å². The minimum atomic E-state index is 0.323. The molecular formula is C19H28O3. The van der Waals surface area contributed by atoms with Crippen LogP contribution in [0.5, 0.6) is 11.5 Å².